The lowest BCUT2D eigenvalue weighted by atomic mass is 10.0. The van der Waals surface area contributed by atoms with Crippen LogP contribution in [0, 0.1) is 5.92 Å². The van der Waals surface area contributed by atoms with E-state index in [1.54, 1.807) is 0 Å². The largest absolute Gasteiger partial charge is 0.522 e. The molecule has 0 radical (unpaired) electrons. The van der Waals surface area contributed by atoms with Crippen molar-refractivity contribution in [2.45, 2.75) is 18.3 Å². The lowest BCUT2D eigenvalue weighted by molar-refractivity contribution is 0.200. The minimum absolute atomic E-state index is 0.132. The summed E-state index contributed by atoms with van der Waals surface area (Å²) < 4.78 is 26.9. The standard InChI is InChI=1S/C7H15NO5P2S/c9-14(5-15(10,11)12)13-7(16)6-2-1-3-8-4-6/h6-8H,1-5H2,(H2-,10,11,12,16)/p+1. The number of rotatable bonds is 5. The van der Waals surface area contributed by atoms with Crippen molar-refractivity contribution in [3.8, 4) is 0 Å². The molecule has 0 aromatic carbocycles. The summed E-state index contributed by atoms with van der Waals surface area (Å²) in [6.07, 6.45) is 1.92. The van der Waals surface area contributed by atoms with Crippen LogP contribution in [0.3, 0.4) is 0 Å². The Balaban J connectivity index is 2.35. The van der Waals surface area contributed by atoms with Gasteiger partial charge in [0.25, 0.3) is 5.90 Å². The molecule has 0 aliphatic carbocycles. The predicted molar refractivity (Wildman–Crippen MR) is 64.0 cm³/mol. The topological polar surface area (TPSA) is 95.9 Å². The predicted octanol–water partition coefficient (Wildman–Crippen LogP) is 1.14. The van der Waals surface area contributed by atoms with Crippen LogP contribution < -0.4 is 5.32 Å². The smallest absolute Gasteiger partial charge is 0.321 e. The quantitative estimate of drug-likeness (QED) is 0.344. The molecule has 3 atom stereocenters. The van der Waals surface area contributed by atoms with Crippen molar-refractivity contribution in [2.75, 3.05) is 19.0 Å². The minimum atomic E-state index is -4.28. The van der Waals surface area contributed by atoms with E-state index in [0.717, 1.165) is 25.9 Å². The molecule has 0 aromatic rings. The number of piperidine rings is 1. The Hall–Kier alpha value is 0.520. The SMILES string of the molecule is O=[P+](CP(=O)(O)O)OC(S)C1CCCNC1. The first kappa shape index (κ1) is 14.6. The zero-order valence-electron chi connectivity index (χ0n) is 8.65. The maximum atomic E-state index is 11.3. The summed E-state index contributed by atoms with van der Waals surface area (Å²) in [4.78, 5) is 17.2. The molecular weight excluding hydrogens is 272 g/mol. The van der Waals surface area contributed by atoms with E-state index in [4.69, 9.17) is 14.3 Å². The van der Waals surface area contributed by atoms with Crippen molar-refractivity contribution >= 4 is 28.3 Å². The summed E-state index contributed by atoms with van der Waals surface area (Å²) in [5.74, 6) is -0.604. The molecule has 0 bridgehead atoms. The average molecular weight is 288 g/mol. The van der Waals surface area contributed by atoms with E-state index < -0.39 is 27.0 Å². The van der Waals surface area contributed by atoms with Gasteiger partial charge in [0.2, 0.25) is 0 Å². The molecule has 0 amide bonds. The Morgan fingerprint density at radius 1 is 1.62 bits per heavy atom. The molecule has 94 valence electrons. The highest BCUT2D eigenvalue weighted by molar-refractivity contribution is 7.81. The summed E-state index contributed by atoms with van der Waals surface area (Å²) in [5, 5.41) is 3.16. The highest BCUT2D eigenvalue weighted by Gasteiger charge is 2.35. The average Bonchev–Trinajstić information content (AvgIpc) is 2.16. The fourth-order valence-electron chi connectivity index (χ4n) is 1.51. The van der Waals surface area contributed by atoms with Gasteiger partial charge < -0.3 is 15.1 Å². The third-order valence-corrected chi connectivity index (χ3v) is 5.82. The van der Waals surface area contributed by atoms with E-state index in [2.05, 4.69) is 17.9 Å². The van der Waals surface area contributed by atoms with Crippen molar-refractivity contribution in [2.24, 2.45) is 5.92 Å². The molecule has 1 fully saturated rings. The zero-order valence-corrected chi connectivity index (χ0v) is 11.3. The Bertz CT molecular complexity index is 291. The van der Waals surface area contributed by atoms with Gasteiger partial charge in [-0.05, 0) is 24.0 Å². The van der Waals surface area contributed by atoms with Crippen LogP contribution in [0.25, 0.3) is 0 Å². The number of thiol groups is 1. The van der Waals surface area contributed by atoms with Gasteiger partial charge in [-0.2, -0.15) is 0 Å². The molecule has 16 heavy (non-hydrogen) atoms. The summed E-state index contributed by atoms with van der Waals surface area (Å²) in [6.45, 7) is 1.68. The first-order valence-electron chi connectivity index (χ1n) is 4.93. The van der Waals surface area contributed by atoms with Gasteiger partial charge in [0, 0.05) is 12.5 Å². The van der Waals surface area contributed by atoms with Crippen molar-refractivity contribution in [3.63, 3.8) is 0 Å². The number of hydrogen-bond acceptors (Lipinski definition) is 5. The number of nitrogens with one attached hydrogen (secondary N) is 1. The molecule has 3 N–H and O–H groups in total. The first-order valence-corrected chi connectivity index (χ1v) is 8.61. The highest BCUT2D eigenvalue weighted by atomic mass is 32.1. The lowest BCUT2D eigenvalue weighted by Gasteiger charge is -2.24. The van der Waals surface area contributed by atoms with Crippen LogP contribution in [0.5, 0.6) is 0 Å². The van der Waals surface area contributed by atoms with Gasteiger partial charge in [0.05, 0.1) is 0 Å². The van der Waals surface area contributed by atoms with Gasteiger partial charge in [-0.15, -0.1) is 17.2 Å². The summed E-state index contributed by atoms with van der Waals surface area (Å²) >= 11 is 4.16. The van der Waals surface area contributed by atoms with E-state index in [0.29, 0.717) is 0 Å². The lowest BCUT2D eigenvalue weighted by Crippen LogP contribution is -2.35. The second kappa shape index (κ2) is 6.45. The van der Waals surface area contributed by atoms with Gasteiger partial charge in [-0.25, -0.2) is 0 Å². The van der Waals surface area contributed by atoms with E-state index in [9.17, 15) is 9.13 Å². The molecular formula is C7H16NO5P2S+. The van der Waals surface area contributed by atoms with Gasteiger partial charge in [0.15, 0.2) is 5.44 Å². The van der Waals surface area contributed by atoms with E-state index in [-0.39, 0.29) is 5.92 Å². The fourth-order valence-corrected chi connectivity index (χ4v) is 3.97. The van der Waals surface area contributed by atoms with Gasteiger partial charge in [0.1, 0.15) is 0 Å². The summed E-state index contributed by atoms with van der Waals surface area (Å²) in [5.41, 5.74) is -0.539. The Morgan fingerprint density at radius 3 is 2.81 bits per heavy atom. The minimum Gasteiger partial charge on any atom is -0.321 e. The third kappa shape index (κ3) is 5.73. The van der Waals surface area contributed by atoms with Crippen LogP contribution >= 0.6 is 28.3 Å². The first-order chi connectivity index (χ1) is 7.38. The second-order valence-corrected chi connectivity index (χ2v) is 7.59. The van der Waals surface area contributed by atoms with Gasteiger partial charge >= 0.3 is 15.6 Å². The molecule has 3 unspecified atom stereocenters. The van der Waals surface area contributed by atoms with Crippen molar-refractivity contribution < 1.29 is 23.4 Å². The van der Waals surface area contributed by atoms with Crippen LogP contribution in [0.2, 0.25) is 0 Å². The molecule has 0 saturated carbocycles. The third-order valence-electron chi connectivity index (χ3n) is 2.26. The number of hydrogen-bond donors (Lipinski definition) is 4. The van der Waals surface area contributed by atoms with E-state index >= 15 is 0 Å². The van der Waals surface area contributed by atoms with Crippen molar-refractivity contribution in [1.82, 2.24) is 5.32 Å². The highest BCUT2D eigenvalue weighted by Crippen LogP contribution is 2.46. The molecule has 1 aliphatic heterocycles. The van der Waals surface area contributed by atoms with E-state index in [1.165, 1.54) is 0 Å². The molecule has 1 heterocycles. The molecule has 9 heteroatoms. The normalized spacial score (nSPS) is 25.2. The fraction of sp³-hybridized carbons (Fsp3) is 1.00. The Morgan fingerprint density at radius 2 is 2.31 bits per heavy atom. The van der Waals surface area contributed by atoms with Crippen LogP contribution in [-0.2, 0) is 13.7 Å². The summed E-state index contributed by atoms with van der Waals surface area (Å²) in [6, 6.07) is 0. The summed E-state index contributed by atoms with van der Waals surface area (Å²) in [7, 11) is -6.63. The second-order valence-electron chi connectivity index (χ2n) is 3.74. The van der Waals surface area contributed by atoms with Crippen molar-refractivity contribution in [3.05, 3.63) is 0 Å². The molecule has 6 nitrogen and oxygen atoms in total. The monoisotopic (exact) mass is 288 g/mol. The van der Waals surface area contributed by atoms with Crippen LogP contribution in [0.1, 0.15) is 12.8 Å². The Labute approximate surface area is 101 Å². The zero-order chi connectivity index (χ0) is 12.2. The van der Waals surface area contributed by atoms with Crippen LogP contribution in [-0.4, -0.2) is 34.2 Å². The van der Waals surface area contributed by atoms with Crippen LogP contribution in [0.4, 0.5) is 0 Å². The maximum absolute atomic E-state index is 11.3. The van der Waals surface area contributed by atoms with Gasteiger partial charge in [-0.1, -0.05) is 0 Å². The molecule has 1 aliphatic rings. The molecule has 1 rings (SSSR count). The van der Waals surface area contributed by atoms with Crippen LogP contribution in [0.15, 0.2) is 0 Å². The maximum Gasteiger partial charge on any atom is 0.522 e. The molecule has 0 aromatic heterocycles. The van der Waals surface area contributed by atoms with E-state index in [1.807, 2.05) is 0 Å². The molecule has 0 spiro atoms. The van der Waals surface area contributed by atoms with Gasteiger partial charge in [-0.3, -0.25) is 4.57 Å². The molecule has 1 saturated heterocycles. The Kier molecular flexibility index (Phi) is 5.88. The van der Waals surface area contributed by atoms with Crippen molar-refractivity contribution in [1.29, 1.82) is 0 Å².